The molecule has 1 aromatic rings. The van der Waals surface area contributed by atoms with E-state index in [1.165, 1.54) is 0 Å². The number of hydrogen-bond acceptors (Lipinski definition) is 2. The van der Waals surface area contributed by atoms with Gasteiger partial charge in [-0.25, -0.2) is 0 Å². The molecule has 0 aliphatic heterocycles. The normalized spacial score (nSPS) is 14.2. The quantitative estimate of drug-likeness (QED) is 0.672. The van der Waals surface area contributed by atoms with Crippen LogP contribution >= 0.6 is 23.2 Å². The number of benzene rings is 1. The van der Waals surface area contributed by atoms with Crippen LogP contribution in [-0.2, 0) is 4.74 Å². The standard InChI is InChI=1S/C16H25Cl2NO/c1-4-7-15(20-6-3)16(19-10-5-2)13-11-12(17)8-9-14(13)18/h8-9,11,15-16,19H,4-7,10H2,1-3H3. The molecular weight excluding hydrogens is 293 g/mol. The van der Waals surface area contributed by atoms with Gasteiger partial charge < -0.3 is 10.1 Å². The minimum Gasteiger partial charge on any atom is -0.377 e. The summed E-state index contributed by atoms with van der Waals surface area (Å²) in [6, 6.07) is 5.70. The Morgan fingerprint density at radius 3 is 2.50 bits per heavy atom. The number of halogens is 2. The third kappa shape index (κ3) is 5.25. The summed E-state index contributed by atoms with van der Waals surface area (Å²) in [5.74, 6) is 0. The van der Waals surface area contributed by atoms with Crippen LogP contribution in [0.4, 0.5) is 0 Å². The van der Waals surface area contributed by atoms with Crippen molar-refractivity contribution in [1.82, 2.24) is 5.32 Å². The van der Waals surface area contributed by atoms with Crippen LogP contribution in [0.5, 0.6) is 0 Å². The van der Waals surface area contributed by atoms with Gasteiger partial charge in [-0.1, -0.05) is 43.5 Å². The van der Waals surface area contributed by atoms with E-state index in [0.29, 0.717) is 11.6 Å². The van der Waals surface area contributed by atoms with Gasteiger partial charge in [0.1, 0.15) is 0 Å². The maximum atomic E-state index is 6.36. The molecule has 0 saturated carbocycles. The Bertz CT molecular complexity index is 392. The molecule has 2 atom stereocenters. The molecule has 0 aliphatic rings. The van der Waals surface area contributed by atoms with Crippen molar-refractivity contribution < 1.29 is 4.74 Å². The number of ether oxygens (including phenoxy) is 1. The van der Waals surface area contributed by atoms with Crippen molar-refractivity contribution in [2.24, 2.45) is 0 Å². The fraction of sp³-hybridized carbons (Fsp3) is 0.625. The van der Waals surface area contributed by atoms with Crippen molar-refractivity contribution >= 4 is 23.2 Å². The average Bonchev–Trinajstić information content (AvgIpc) is 2.43. The Labute approximate surface area is 132 Å². The highest BCUT2D eigenvalue weighted by Gasteiger charge is 2.24. The Morgan fingerprint density at radius 1 is 1.15 bits per heavy atom. The van der Waals surface area contributed by atoms with Crippen LogP contribution in [-0.4, -0.2) is 19.3 Å². The summed E-state index contributed by atoms with van der Waals surface area (Å²) < 4.78 is 5.93. The summed E-state index contributed by atoms with van der Waals surface area (Å²) in [7, 11) is 0. The van der Waals surface area contributed by atoms with Crippen molar-refractivity contribution in [3.05, 3.63) is 33.8 Å². The first-order chi connectivity index (χ1) is 9.63. The molecule has 4 heteroatoms. The molecule has 1 rings (SSSR count). The topological polar surface area (TPSA) is 21.3 Å². The lowest BCUT2D eigenvalue weighted by Crippen LogP contribution is -2.34. The van der Waals surface area contributed by atoms with Crippen molar-refractivity contribution in [2.45, 2.75) is 52.2 Å². The van der Waals surface area contributed by atoms with E-state index < -0.39 is 0 Å². The molecule has 0 aromatic heterocycles. The largest absolute Gasteiger partial charge is 0.377 e. The second-order valence-electron chi connectivity index (χ2n) is 4.88. The van der Waals surface area contributed by atoms with E-state index in [-0.39, 0.29) is 12.1 Å². The van der Waals surface area contributed by atoms with Gasteiger partial charge in [0.05, 0.1) is 12.1 Å². The lowest BCUT2D eigenvalue weighted by Gasteiger charge is -2.29. The van der Waals surface area contributed by atoms with Gasteiger partial charge in [-0.05, 0) is 50.1 Å². The van der Waals surface area contributed by atoms with E-state index in [1.54, 1.807) is 0 Å². The van der Waals surface area contributed by atoms with Crippen LogP contribution in [0, 0.1) is 0 Å². The van der Waals surface area contributed by atoms with Gasteiger partial charge in [-0.15, -0.1) is 0 Å². The molecule has 1 aromatic carbocycles. The number of hydrogen-bond donors (Lipinski definition) is 1. The van der Waals surface area contributed by atoms with E-state index in [1.807, 2.05) is 25.1 Å². The summed E-state index contributed by atoms with van der Waals surface area (Å²) in [6.45, 7) is 7.98. The zero-order chi connectivity index (χ0) is 15.0. The second-order valence-corrected chi connectivity index (χ2v) is 5.72. The lowest BCUT2D eigenvalue weighted by molar-refractivity contribution is 0.0276. The summed E-state index contributed by atoms with van der Waals surface area (Å²) in [5.41, 5.74) is 1.03. The molecule has 20 heavy (non-hydrogen) atoms. The summed E-state index contributed by atoms with van der Waals surface area (Å²) in [5, 5.41) is 5.00. The van der Waals surface area contributed by atoms with Crippen LogP contribution in [0.3, 0.4) is 0 Å². The van der Waals surface area contributed by atoms with E-state index >= 15 is 0 Å². The first-order valence-electron chi connectivity index (χ1n) is 7.43. The molecule has 1 N–H and O–H groups in total. The van der Waals surface area contributed by atoms with Gasteiger partial charge in [-0.2, -0.15) is 0 Å². The average molecular weight is 318 g/mol. The van der Waals surface area contributed by atoms with E-state index in [2.05, 4.69) is 19.2 Å². The highest BCUT2D eigenvalue weighted by atomic mass is 35.5. The van der Waals surface area contributed by atoms with Crippen molar-refractivity contribution in [1.29, 1.82) is 0 Å². The van der Waals surface area contributed by atoms with Crippen molar-refractivity contribution in [2.75, 3.05) is 13.2 Å². The van der Waals surface area contributed by atoms with E-state index in [4.69, 9.17) is 27.9 Å². The van der Waals surface area contributed by atoms with Crippen molar-refractivity contribution in [3.63, 3.8) is 0 Å². The molecule has 114 valence electrons. The van der Waals surface area contributed by atoms with Crippen LogP contribution < -0.4 is 5.32 Å². The summed E-state index contributed by atoms with van der Waals surface area (Å²) >= 11 is 12.5. The molecule has 0 saturated heterocycles. The Balaban J connectivity index is 3.04. The second kappa shape index (κ2) is 9.62. The molecule has 2 nitrogen and oxygen atoms in total. The van der Waals surface area contributed by atoms with E-state index in [0.717, 1.165) is 36.4 Å². The van der Waals surface area contributed by atoms with Crippen LogP contribution in [0.15, 0.2) is 18.2 Å². The van der Waals surface area contributed by atoms with Crippen molar-refractivity contribution in [3.8, 4) is 0 Å². The van der Waals surface area contributed by atoms with Gasteiger partial charge in [0.25, 0.3) is 0 Å². The predicted molar refractivity (Wildman–Crippen MR) is 87.8 cm³/mol. The van der Waals surface area contributed by atoms with Gasteiger partial charge >= 0.3 is 0 Å². The Kier molecular flexibility index (Phi) is 8.55. The molecule has 0 bridgehead atoms. The predicted octanol–water partition coefficient (Wildman–Crippen LogP) is 5.24. The number of nitrogens with one attached hydrogen (secondary N) is 1. The minimum absolute atomic E-state index is 0.0843. The van der Waals surface area contributed by atoms with Gasteiger partial charge in [-0.3, -0.25) is 0 Å². The maximum absolute atomic E-state index is 6.36. The van der Waals surface area contributed by atoms with Crippen LogP contribution in [0.1, 0.15) is 51.6 Å². The van der Waals surface area contributed by atoms with Crippen LogP contribution in [0.25, 0.3) is 0 Å². The molecule has 0 radical (unpaired) electrons. The van der Waals surface area contributed by atoms with E-state index in [9.17, 15) is 0 Å². The molecule has 0 spiro atoms. The first kappa shape index (κ1) is 17.8. The third-order valence-electron chi connectivity index (χ3n) is 3.23. The van der Waals surface area contributed by atoms with Crippen LogP contribution in [0.2, 0.25) is 10.0 Å². The van der Waals surface area contributed by atoms with Gasteiger partial charge in [0.2, 0.25) is 0 Å². The smallest absolute Gasteiger partial charge is 0.0770 e. The monoisotopic (exact) mass is 317 g/mol. The molecule has 2 unspecified atom stereocenters. The first-order valence-corrected chi connectivity index (χ1v) is 8.19. The number of rotatable bonds is 9. The molecular formula is C16H25Cl2NO. The SMILES string of the molecule is CCCNC(c1cc(Cl)ccc1Cl)C(CCC)OCC. The maximum Gasteiger partial charge on any atom is 0.0770 e. The molecule has 0 amide bonds. The fourth-order valence-corrected chi connectivity index (χ4v) is 2.75. The molecule has 0 heterocycles. The highest BCUT2D eigenvalue weighted by molar-refractivity contribution is 6.33. The molecule has 0 aliphatic carbocycles. The van der Waals surface area contributed by atoms with Gasteiger partial charge in [0.15, 0.2) is 0 Å². The zero-order valence-corrected chi connectivity index (χ0v) is 14.1. The fourth-order valence-electron chi connectivity index (χ4n) is 2.34. The molecule has 0 fully saturated rings. The summed E-state index contributed by atoms with van der Waals surface area (Å²) in [4.78, 5) is 0. The highest BCUT2D eigenvalue weighted by Crippen LogP contribution is 2.31. The third-order valence-corrected chi connectivity index (χ3v) is 3.81. The summed E-state index contributed by atoms with van der Waals surface area (Å²) in [6.07, 6.45) is 3.26. The zero-order valence-electron chi connectivity index (χ0n) is 12.6. The van der Waals surface area contributed by atoms with Gasteiger partial charge in [0, 0.05) is 16.7 Å². The lowest BCUT2D eigenvalue weighted by atomic mass is 9.97. The Morgan fingerprint density at radius 2 is 1.90 bits per heavy atom. The Hall–Kier alpha value is -0.280. The minimum atomic E-state index is 0.0843.